The maximum atomic E-state index is 11.9. The molecule has 0 saturated heterocycles. The van der Waals surface area contributed by atoms with E-state index in [1.807, 2.05) is 44.2 Å². The number of pyridine rings is 1. The number of aryl methyl sites for hydroxylation is 1. The minimum atomic E-state index is -0.0777. The summed E-state index contributed by atoms with van der Waals surface area (Å²) in [5.41, 5.74) is 0.870. The number of hydrogen-bond acceptors (Lipinski definition) is 3. The second-order valence-corrected chi connectivity index (χ2v) is 5.15. The van der Waals surface area contributed by atoms with Gasteiger partial charge in [-0.2, -0.15) is 0 Å². The second-order valence-electron chi connectivity index (χ2n) is 3.86. The van der Waals surface area contributed by atoms with E-state index in [4.69, 9.17) is 0 Å². The zero-order valence-electron chi connectivity index (χ0n) is 9.81. The van der Waals surface area contributed by atoms with E-state index in [0.717, 1.165) is 15.4 Å². The highest BCUT2D eigenvalue weighted by Gasteiger charge is 2.13. The molecule has 2 heterocycles. The van der Waals surface area contributed by atoms with Gasteiger partial charge in [-0.05, 0) is 38.1 Å². The predicted molar refractivity (Wildman–Crippen MR) is 69.2 cm³/mol. The number of nitrogens with zero attached hydrogens (tertiary/aromatic N) is 1. The first-order chi connectivity index (χ1) is 8.16. The van der Waals surface area contributed by atoms with E-state index in [1.165, 1.54) is 11.3 Å². The molecule has 1 atom stereocenters. The minimum Gasteiger partial charge on any atom is -0.343 e. The highest BCUT2D eigenvalue weighted by molar-refractivity contribution is 7.13. The quantitative estimate of drug-likeness (QED) is 0.904. The van der Waals surface area contributed by atoms with Crippen LogP contribution in [0.2, 0.25) is 0 Å². The van der Waals surface area contributed by atoms with Crippen molar-refractivity contribution in [1.82, 2.24) is 10.3 Å². The third-order valence-electron chi connectivity index (χ3n) is 2.44. The Balaban J connectivity index is 2.04. The van der Waals surface area contributed by atoms with Gasteiger partial charge in [0.1, 0.15) is 0 Å². The number of carbonyl (C=O) groups is 1. The van der Waals surface area contributed by atoms with E-state index < -0.39 is 0 Å². The lowest BCUT2D eigenvalue weighted by atomic mass is 10.2. The molecule has 1 amide bonds. The maximum absolute atomic E-state index is 11.9. The van der Waals surface area contributed by atoms with Crippen molar-refractivity contribution in [2.45, 2.75) is 19.9 Å². The first-order valence-electron chi connectivity index (χ1n) is 5.45. The molecule has 0 saturated carbocycles. The van der Waals surface area contributed by atoms with E-state index in [2.05, 4.69) is 10.3 Å². The third-order valence-corrected chi connectivity index (χ3v) is 3.44. The maximum Gasteiger partial charge on any atom is 0.261 e. The standard InChI is InChI=1S/C13H14N2OS/c1-9-6-7-12(17-9)13(16)15-10(2)11-5-3-4-8-14-11/h3-8,10H,1-2H3,(H,15,16)/t10-/m1/s1. The average molecular weight is 246 g/mol. The summed E-state index contributed by atoms with van der Waals surface area (Å²) in [6.45, 7) is 3.92. The van der Waals surface area contributed by atoms with Crippen molar-refractivity contribution in [3.63, 3.8) is 0 Å². The summed E-state index contributed by atoms with van der Waals surface area (Å²) in [5.74, 6) is -0.0405. The molecule has 4 heteroatoms. The summed E-state index contributed by atoms with van der Waals surface area (Å²) in [6.07, 6.45) is 1.73. The van der Waals surface area contributed by atoms with Gasteiger partial charge in [-0.3, -0.25) is 9.78 Å². The van der Waals surface area contributed by atoms with Crippen molar-refractivity contribution < 1.29 is 4.79 Å². The van der Waals surface area contributed by atoms with Gasteiger partial charge in [-0.1, -0.05) is 6.07 Å². The minimum absolute atomic E-state index is 0.0405. The summed E-state index contributed by atoms with van der Waals surface area (Å²) in [4.78, 5) is 18.0. The Morgan fingerprint density at radius 2 is 2.18 bits per heavy atom. The summed E-state index contributed by atoms with van der Waals surface area (Å²) in [6, 6.07) is 9.41. The first-order valence-corrected chi connectivity index (χ1v) is 6.26. The van der Waals surface area contributed by atoms with Gasteiger partial charge in [0.2, 0.25) is 0 Å². The van der Waals surface area contributed by atoms with Crippen LogP contribution in [-0.4, -0.2) is 10.9 Å². The zero-order chi connectivity index (χ0) is 12.3. The van der Waals surface area contributed by atoms with Crippen LogP contribution in [0.15, 0.2) is 36.5 Å². The molecule has 88 valence electrons. The molecule has 3 nitrogen and oxygen atoms in total. The molecule has 0 spiro atoms. The molecule has 1 N–H and O–H groups in total. The Morgan fingerprint density at radius 1 is 1.35 bits per heavy atom. The molecule has 0 aromatic carbocycles. The molecule has 17 heavy (non-hydrogen) atoms. The van der Waals surface area contributed by atoms with Crippen molar-refractivity contribution in [2.24, 2.45) is 0 Å². The molecule has 2 aromatic rings. The van der Waals surface area contributed by atoms with Crippen molar-refractivity contribution >= 4 is 17.2 Å². The van der Waals surface area contributed by atoms with Gasteiger partial charge >= 0.3 is 0 Å². The molecular formula is C13H14N2OS. The van der Waals surface area contributed by atoms with E-state index in [0.29, 0.717) is 0 Å². The van der Waals surface area contributed by atoms with Gasteiger partial charge in [0.15, 0.2) is 0 Å². The molecule has 2 aromatic heterocycles. The molecule has 0 unspecified atom stereocenters. The third kappa shape index (κ3) is 2.91. The first kappa shape index (κ1) is 11.8. The van der Waals surface area contributed by atoms with Crippen molar-refractivity contribution in [2.75, 3.05) is 0 Å². The number of hydrogen-bond donors (Lipinski definition) is 1. The Morgan fingerprint density at radius 3 is 2.76 bits per heavy atom. The molecule has 2 rings (SSSR count). The Kier molecular flexibility index (Phi) is 3.54. The Bertz CT molecular complexity index is 507. The fourth-order valence-electron chi connectivity index (χ4n) is 1.53. The topological polar surface area (TPSA) is 42.0 Å². The lowest BCUT2D eigenvalue weighted by molar-refractivity contribution is 0.0943. The number of rotatable bonds is 3. The van der Waals surface area contributed by atoms with Gasteiger partial charge < -0.3 is 5.32 Å². The van der Waals surface area contributed by atoms with Crippen LogP contribution in [0, 0.1) is 6.92 Å². The van der Waals surface area contributed by atoms with E-state index in [-0.39, 0.29) is 11.9 Å². The molecule has 0 aliphatic rings. The summed E-state index contributed by atoms with van der Waals surface area (Å²) in [5, 5.41) is 2.93. The van der Waals surface area contributed by atoms with E-state index in [1.54, 1.807) is 6.20 Å². The molecule has 0 aliphatic heterocycles. The van der Waals surface area contributed by atoms with Crippen LogP contribution in [0.1, 0.15) is 33.2 Å². The van der Waals surface area contributed by atoms with Crippen molar-refractivity contribution in [1.29, 1.82) is 0 Å². The largest absolute Gasteiger partial charge is 0.343 e. The van der Waals surface area contributed by atoms with Gasteiger partial charge in [0, 0.05) is 11.1 Å². The molecule has 0 radical (unpaired) electrons. The Hall–Kier alpha value is -1.68. The number of amides is 1. The van der Waals surface area contributed by atoms with Crippen LogP contribution in [0.4, 0.5) is 0 Å². The van der Waals surface area contributed by atoms with Crippen LogP contribution < -0.4 is 5.32 Å². The van der Waals surface area contributed by atoms with Gasteiger partial charge in [-0.25, -0.2) is 0 Å². The van der Waals surface area contributed by atoms with Gasteiger partial charge in [0.05, 0.1) is 16.6 Å². The van der Waals surface area contributed by atoms with Crippen LogP contribution in [0.3, 0.4) is 0 Å². The van der Waals surface area contributed by atoms with Crippen LogP contribution >= 0.6 is 11.3 Å². The second kappa shape index (κ2) is 5.10. The summed E-state index contributed by atoms with van der Waals surface area (Å²) in [7, 11) is 0. The number of aromatic nitrogens is 1. The molecule has 0 bridgehead atoms. The van der Waals surface area contributed by atoms with Crippen LogP contribution in [0.5, 0.6) is 0 Å². The smallest absolute Gasteiger partial charge is 0.261 e. The van der Waals surface area contributed by atoms with E-state index in [9.17, 15) is 4.79 Å². The molecule has 0 aliphatic carbocycles. The average Bonchev–Trinajstić information content (AvgIpc) is 2.77. The highest BCUT2D eigenvalue weighted by atomic mass is 32.1. The monoisotopic (exact) mass is 246 g/mol. The van der Waals surface area contributed by atoms with E-state index >= 15 is 0 Å². The van der Waals surface area contributed by atoms with Gasteiger partial charge in [0.25, 0.3) is 5.91 Å². The zero-order valence-corrected chi connectivity index (χ0v) is 10.6. The normalized spacial score (nSPS) is 12.1. The fourth-order valence-corrected chi connectivity index (χ4v) is 2.30. The summed E-state index contributed by atoms with van der Waals surface area (Å²) < 4.78 is 0. The molecular weight excluding hydrogens is 232 g/mol. The molecule has 0 fully saturated rings. The lowest BCUT2D eigenvalue weighted by Crippen LogP contribution is -2.26. The fraction of sp³-hybridized carbons (Fsp3) is 0.231. The number of carbonyl (C=O) groups excluding carboxylic acids is 1. The van der Waals surface area contributed by atoms with Crippen molar-refractivity contribution in [3.8, 4) is 0 Å². The highest BCUT2D eigenvalue weighted by Crippen LogP contribution is 2.16. The lowest BCUT2D eigenvalue weighted by Gasteiger charge is -2.12. The number of thiophene rings is 1. The van der Waals surface area contributed by atoms with Crippen LogP contribution in [0.25, 0.3) is 0 Å². The van der Waals surface area contributed by atoms with Crippen LogP contribution in [-0.2, 0) is 0 Å². The summed E-state index contributed by atoms with van der Waals surface area (Å²) >= 11 is 1.50. The Labute approximate surface area is 105 Å². The van der Waals surface area contributed by atoms with Crippen molar-refractivity contribution in [3.05, 3.63) is 52.0 Å². The van der Waals surface area contributed by atoms with Gasteiger partial charge in [-0.15, -0.1) is 11.3 Å². The SMILES string of the molecule is Cc1ccc(C(=O)N[C@H](C)c2ccccn2)s1. The predicted octanol–water partition coefficient (Wildman–Crippen LogP) is 2.94. The number of nitrogens with one attached hydrogen (secondary N) is 1.